The second-order valence-corrected chi connectivity index (χ2v) is 17.6. The first-order chi connectivity index (χ1) is 32.8. The van der Waals surface area contributed by atoms with Gasteiger partial charge in [0.05, 0.1) is 25.4 Å². The van der Waals surface area contributed by atoms with E-state index in [9.17, 15) is 30.3 Å². The van der Waals surface area contributed by atoms with Gasteiger partial charge in [-0.05, 0) is 83.5 Å². The van der Waals surface area contributed by atoms with E-state index in [2.05, 4.69) is 122 Å². The smallest absolute Gasteiger partial charge is 0.220 e. The minimum absolute atomic E-state index is 0.196. The van der Waals surface area contributed by atoms with Gasteiger partial charge in [0.1, 0.15) is 24.4 Å². The summed E-state index contributed by atoms with van der Waals surface area (Å²) in [6.07, 6.45) is 63.8. The van der Waals surface area contributed by atoms with Crippen LogP contribution in [-0.2, 0) is 14.3 Å². The fourth-order valence-electron chi connectivity index (χ4n) is 7.39. The van der Waals surface area contributed by atoms with Crippen LogP contribution in [0.5, 0.6) is 0 Å². The molecule has 0 radical (unpaired) electrons. The molecule has 1 rings (SSSR count). The first-order valence-electron chi connectivity index (χ1n) is 26.3. The number of rotatable bonds is 42. The summed E-state index contributed by atoms with van der Waals surface area (Å²) in [7, 11) is 0. The molecule has 0 aliphatic carbocycles. The summed E-state index contributed by atoms with van der Waals surface area (Å²) in [6.45, 7) is 3.42. The number of unbranched alkanes of at least 4 members (excludes halogenated alkanes) is 14. The molecule has 380 valence electrons. The number of hydrogen-bond acceptors (Lipinski definition) is 8. The highest BCUT2D eigenvalue weighted by atomic mass is 16.7. The molecule has 9 heteroatoms. The van der Waals surface area contributed by atoms with Gasteiger partial charge in [-0.25, -0.2) is 0 Å². The molecule has 1 fully saturated rings. The number of carbonyl (C=O) groups excluding carboxylic acids is 1. The van der Waals surface area contributed by atoms with Gasteiger partial charge >= 0.3 is 0 Å². The molecule has 0 aromatic rings. The summed E-state index contributed by atoms with van der Waals surface area (Å²) >= 11 is 0. The van der Waals surface area contributed by atoms with Gasteiger partial charge in [0, 0.05) is 6.42 Å². The van der Waals surface area contributed by atoms with E-state index in [1.54, 1.807) is 6.08 Å². The van der Waals surface area contributed by atoms with Gasteiger partial charge in [-0.1, -0.05) is 212 Å². The molecule has 67 heavy (non-hydrogen) atoms. The predicted octanol–water partition coefficient (Wildman–Crippen LogP) is 12.4. The van der Waals surface area contributed by atoms with Crippen molar-refractivity contribution in [3.05, 3.63) is 122 Å². The van der Waals surface area contributed by atoms with Gasteiger partial charge in [0.2, 0.25) is 5.91 Å². The van der Waals surface area contributed by atoms with Crippen molar-refractivity contribution in [2.24, 2.45) is 0 Å². The Hall–Kier alpha value is -3.41. The lowest BCUT2D eigenvalue weighted by atomic mass is 9.99. The third kappa shape index (κ3) is 36.3. The fourth-order valence-corrected chi connectivity index (χ4v) is 7.39. The first-order valence-corrected chi connectivity index (χ1v) is 26.3. The highest BCUT2D eigenvalue weighted by molar-refractivity contribution is 5.76. The third-order valence-corrected chi connectivity index (χ3v) is 11.5. The molecule has 0 bridgehead atoms. The fraction of sp³-hybridized carbons (Fsp3) is 0.638. The molecule has 1 aliphatic heterocycles. The summed E-state index contributed by atoms with van der Waals surface area (Å²) in [6, 6.07) is -0.807. The van der Waals surface area contributed by atoms with Crippen LogP contribution in [0.3, 0.4) is 0 Å². The predicted molar refractivity (Wildman–Crippen MR) is 280 cm³/mol. The van der Waals surface area contributed by atoms with Crippen molar-refractivity contribution in [1.29, 1.82) is 0 Å². The highest BCUT2D eigenvalue weighted by Gasteiger charge is 2.44. The zero-order chi connectivity index (χ0) is 48.7. The summed E-state index contributed by atoms with van der Waals surface area (Å²) in [4.78, 5) is 12.8. The van der Waals surface area contributed by atoms with E-state index in [0.29, 0.717) is 6.42 Å². The number of nitrogens with one attached hydrogen (secondary N) is 1. The normalized spacial score (nSPS) is 20.7. The minimum atomic E-state index is -1.57. The van der Waals surface area contributed by atoms with E-state index in [4.69, 9.17) is 9.47 Å². The number of aliphatic hydroxyl groups excluding tert-OH is 5. The SMILES string of the molecule is CC/C=C\C/C=C\C/C=C\C/C=C\C/C=C\C/C=C\C/C=C\C/C=C\C/C=C\CCCCCCCCCCCCCCCC(=O)NC(COC1OC(CO)C(O)C(O)C1O)C(O)/C=C/CCC. The van der Waals surface area contributed by atoms with E-state index in [-0.39, 0.29) is 12.5 Å². The minimum Gasteiger partial charge on any atom is -0.394 e. The van der Waals surface area contributed by atoms with Crippen LogP contribution >= 0.6 is 0 Å². The van der Waals surface area contributed by atoms with Crippen LogP contribution in [-0.4, -0.2) is 87.5 Å². The summed E-state index contributed by atoms with van der Waals surface area (Å²) in [5.74, 6) is -0.196. The lowest BCUT2D eigenvalue weighted by Gasteiger charge is -2.40. The standard InChI is InChI=1S/C58H95NO8/c1-3-5-7-8-9-10-11-12-13-14-15-16-17-18-19-20-21-22-23-24-25-26-27-28-29-30-31-32-33-34-35-36-37-38-39-40-41-42-43-44-46-48-54(62)59-51(52(61)47-45-6-4-2)50-66-58-57(65)56(64)55(63)53(49-60)67-58/h5,7,9-10,12-13,15-16,18-19,21-22,24-25,27-28,30-31,45,47,51-53,55-58,60-61,63-65H,3-4,6,8,11,14,17,20,23,26,29,32-44,46,48-50H2,1-2H3,(H,59,62)/b7-5-,10-9-,13-12-,16-15-,19-18-,22-21-,25-24-,28-27-,31-30-,47-45+. The Labute approximate surface area is 408 Å². The largest absolute Gasteiger partial charge is 0.394 e. The number of aliphatic hydroxyl groups is 5. The molecule has 1 aliphatic rings. The topological polar surface area (TPSA) is 149 Å². The van der Waals surface area contributed by atoms with E-state index < -0.39 is 49.5 Å². The molecule has 1 heterocycles. The quantitative estimate of drug-likeness (QED) is 0.0262. The average molecular weight is 934 g/mol. The van der Waals surface area contributed by atoms with Crippen molar-refractivity contribution in [3.8, 4) is 0 Å². The van der Waals surface area contributed by atoms with Crippen molar-refractivity contribution < 1.29 is 39.8 Å². The van der Waals surface area contributed by atoms with Gasteiger partial charge < -0.3 is 40.3 Å². The van der Waals surface area contributed by atoms with Gasteiger partial charge in [-0.2, -0.15) is 0 Å². The van der Waals surface area contributed by atoms with Crippen molar-refractivity contribution in [2.75, 3.05) is 13.2 Å². The van der Waals surface area contributed by atoms with Crippen molar-refractivity contribution in [2.45, 2.75) is 224 Å². The van der Waals surface area contributed by atoms with E-state index in [1.165, 1.54) is 70.6 Å². The molecule has 0 spiro atoms. The molecule has 1 amide bonds. The maximum Gasteiger partial charge on any atom is 0.220 e. The van der Waals surface area contributed by atoms with E-state index in [1.807, 2.05) is 13.0 Å². The molecule has 0 aromatic heterocycles. The zero-order valence-corrected chi connectivity index (χ0v) is 41.8. The van der Waals surface area contributed by atoms with Gasteiger partial charge in [0.15, 0.2) is 6.29 Å². The number of allylic oxidation sites excluding steroid dienone is 19. The van der Waals surface area contributed by atoms with Crippen LogP contribution in [0.15, 0.2) is 122 Å². The van der Waals surface area contributed by atoms with Crippen LogP contribution in [0.2, 0.25) is 0 Å². The molecule has 7 unspecified atom stereocenters. The lowest BCUT2D eigenvalue weighted by Crippen LogP contribution is -2.60. The Kier molecular flexibility index (Phi) is 42.6. The Balaban J connectivity index is 1.98. The molecular weight excluding hydrogens is 839 g/mol. The van der Waals surface area contributed by atoms with Gasteiger partial charge in [-0.15, -0.1) is 0 Å². The lowest BCUT2D eigenvalue weighted by molar-refractivity contribution is -0.302. The molecule has 9 nitrogen and oxygen atoms in total. The zero-order valence-electron chi connectivity index (χ0n) is 41.8. The molecule has 0 saturated carbocycles. The van der Waals surface area contributed by atoms with Crippen LogP contribution in [0.1, 0.15) is 181 Å². The maximum absolute atomic E-state index is 12.8. The van der Waals surface area contributed by atoms with Crippen molar-refractivity contribution in [1.82, 2.24) is 5.32 Å². The summed E-state index contributed by atoms with van der Waals surface area (Å²) < 4.78 is 11.1. The second kappa shape index (κ2) is 46.3. The van der Waals surface area contributed by atoms with Crippen LogP contribution in [0, 0.1) is 0 Å². The van der Waals surface area contributed by atoms with Crippen molar-refractivity contribution >= 4 is 5.91 Å². The second-order valence-electron chi connectivity index (χ2n) is 17.6. The summed E-state index contributed by atoms with van der Waals surface area (Å²) in [5, 5.41) is 53.5. The van der Waals surface area contributed by atoms with Gasteiger partial charge in [0.25, 0.3) is 0 Å². The Bertz CT molecular complexity index is 1460. The van der Waals surface area contributed by atoms with Crippen LogP contribution in [0.25, 0.3) is 0 Å². The van der Waals surface area contributed by atoms with Crippen LogP contribution in [0.4, 0.5) is 0 Å². The Morgan fingerprint density at radius 3 is 1.34 bits per heavy atom. The first kappa shape index (κ1) is 61.6. The molecule has 6 N–H and O–H groups in total. The van der Waals surface area contributed by atoms with E-state index >= 15 is 0 Å². The molecule has 7 atom stereocenters. The van der Waals surface area contributed by atoms with Gasteiger partial charge in [-0.3, -0.25) is 4.79 Å². The molecule has 0 aromatic carbocycles. The number of hydrogen-bond donors (Lipinski definition) is 6. The molecular formula is C58H95NO8. The highest BCUT2D eigenvalue weighted by Crippen LogP contribution is 2.22. The van der Waals surface area contributed by atoms with E-state index in [0.717, 1.165) is 89.9 Å². The maximum atomic E-state index is 12.8. The monoisotopic (exact) mass is 934 g/mol. The number of amides is 1. The number of carbonyl (C=O) groups is 1. The Morgan fingerprint density at radius 1 is 0.522 bits per heavy atom. The molecule has 1 saturated heterocycles. The third-order valence-electron chi connectivity index (χ3n) is 11.5. The summed E-state index contributed by atoms with van der Waals surface area (Å²) in [5.41, 5.74) is 0. The van der Waals surface area contributed by atoms with Crippen molar-refractivity contribution in [3.63, 3.8) is 0 Å². The average Bonchev–Trinajstić information content (AvgIpc) is 3.33. The van der Waals surface area contributed by atoms with Crippen LogP contribution < -0.4 is 5.32 Å². The number of ether oxygens (including phenoxy) is 2. The Morgan fingerprint density at radius 2 is 0.925 bits per heavy atom.